The third-order valence-electron chi connectivity index (χ3n) is 4.34. The molecule has 0 radical (unpaired) electrons. The van der Waals surface area contributed by atoms with Crippen molar-refractivity contribution in [2.24, 2.45) is 0 Å². The molecular weight excluding hydrogens is 321 g/mol. The Hall–Kier alpha value is -2.70. The van der Waals surface area contributed by atoms with E-state index in [1.54, 1.807) is 37.5 Å². The van der Waals surface area contributed by atoms with Crippen molar-refractivity contribution >= 4 is 17.5 Å². The molecule has 25 heavy (non-hydrogen) atoms. The van der Waals surface area contributed by atoms with Gasteiger partial charge in [-0.25, -0.2) is 14.4 Å². The molecule has 1 atom stereocenters. The Morgan fingerprint density at radius 3 is 2.52 bits per heavy atom. The van der Waals surface area contributed by atoms with Gasteiger partial charge in [-0.2, -0.15) is 0 Å². The van der Waals surface area contributed by atoms with E-state index >= 15 is 0 Å². The molecule has 0 bridgehead atoms. The smallest absolute Gasteiger partial charge is 0.244 e. The molecule has 3 rings (SSSR count). The Morgan fingerprint density at radius 2 is 1.88 bits per heavy atom. The summed E-state index contributed by atoms with van der Waals surface area (Å²) >= 11 is 0. The summed E-state index contributed by atoms with van der Waals surface area (Å²) in [5.74, 6) is 0.488. The predicted octanol–water partition coefficient (Wildman–Crippen LogP) is 2.07. The number of carbonyl (C=O) groups is 1. The van der Waals surface area contributed by atoms with Crippen LogP contribution in [0.25, 0.3) is 0 Å². The lowest BCUT2D eigenvalue weighted by atomic mass is 10.2. The normalized spacial score (nSPS) is 15.8. The molecule has 6 nitrogen and oxygen atoms in total. The van der Waals surface area contributed by atoms with Gasteiger partial charge in [-0.05, 0) is 43.7 Å². The Balaban J connectivity index is 1.55. The van der Waals surface area contributed by atoms with E-state index in [0.29, 0.717) is 37.7 Å². The lowest BCUT2D eigenvalue weighted by molar-refractivity contribution is -0.131. The zero-order valence-corrected chi connectivity index (χ0v) is 14.4. The fourth-order valence-electron chi connectivity index (χ4n) is 2.90. The van der Waals surface area contributed by atoms with Gasteiger partial charge in [-0.15, -0.1) is 0 Å². The van der Waals surface area contributed by atoms with Crippen LogP contribution in [0.4, 0.5) is 16.0 Å². The van der Waals surface area contributed by atoms with E-state index in [4.69, 9.17) is 0 Å². The Kier molecular flexibility index (Phi) is 5.11. The number of piperazine rings is 1. The minimum atomic E-state index is -0.371. The number of nitrogens with one attached hydrogen (secondary N) is 1. The molecule has 132 valence electrons. The van der Waals surface area contributed by atoms with Crippen LogP contribution < -0.4 is 10.2 Å². The molecule has 7 heteroatoms. The second-order valence-corrected chi connectivity index (χ2v) is 6.19. The van der Waals surface area contributed by atoms with Crippen LogP contribution in [0.3, 0.4) is 0 Å². The predicted molar refractivity (Wildman–Crippen MR) is 95.0 cm³/mol. The molecule has 0 unspecified atom stereocenters. The van der Waals surface area contributed by atoms with Crippen LogP contribution in [-0.4, -0.2) is 53.0 Å². The highest BCUT2D eigenvalue weighted by atomic mass is 19.1. The summed E-state index contributed by atoms with van der Waals surface area (Å²) in [6.45, 7) is 6.21. The fourth-order valence-corrected chi connectivity index (χ4v) is 2.90. The van der Waals surface area contributed by atoms with Crippen molar-refractivity contribution in [1.82, 2.24) is 14.9 Å². The first-order chi connectivity index (χ1) is 12.0. The number of benzene rings is 1. The Bertz CT molecular complexity index is 732. The summed E-state index contributed by atoms with van der Waals surface area (Å²) in [6.07, 6.45) is 3.44. The van der Waals surface area contributed by atoms with Gasteiger partial charge in [0.2, 0.25) is 11.9 Å². The highest BCUT2D eigenvalue weighted by Crippen LogP contribution is 2.16. The summed E-state index contributed by atoms with van der Waals surface area (Å²) in [6, 6.07) is 6.19. The van der Waals surface area contributed by atoms with Gasteiger partial charge in [-0.3, -0.25) is 4.79 Å². The van der Waals surface area contributed by atoms with E-state index < -0.39 is 0 Å². The van der Waals surface area contributed by atoms with E-state index in [2.05, 4.69) is 20.2 Å². The van der Waals surface area contributed by atoms with E-state index in [-0.39, 0.29) is 17.8 Å². The maximum absolute atomic E-state index is 13.3. The standard InChI is InChI=1S/C18H22FN5O/c1-13-12-15(4-5-16(13)19)22-14(2)17(25)23-8-10-24(11-9-23)18-20-6-3-7-21-18/h3-7,12,14,22H,8-11H2,1-2H3/t14-/m0/s1. The van der Waals surface area contributed by atoms with Crippen LogP contribution in [-0.2, 0) is 4.79 Å². The number of rotatable bonds is 4. The summed E-state index contributed by atoms with van der Waals surface area (Å²) in [4.78, 5) is 25.0. The molecule has 1 saturated heterocycles. The van der Waals surface area contributed by atoms with Gasteiger partial charge in [0.1, 0.15) is 11.9 Å². The first kappa shape index (κ1) is 17.1. The molecule has 1 aromatic heterocycles. The number of nitrogens with zero attached hydrogens (tertiary/aromatic N) is 4. The average Bonchev–Trinajstić information content (AvgIpc) is 2.65. The highest BCUT2D eigenvalue weighted by molar-refractivity contribution is 5.84. The Labute approximate surface area is 146 Å². The van der Waals surface area contributed by atoms with Crippen molar-refractivity contribution in [3.8, 4) is 0 Å². The Morgan fingerprint density at radius 1 is 1.20 bits per heavy atom. The van der Waals surface area contributed by atoms with Crippen molar-refractivity contribution < 1.29 is 9.18 Å². The van der Waals surface area contributed by atoms with E-state index in [0.717, 1.165) is 5.69 Å². The largest absolute Gasteiger partial charge is 0.374 e. The molecule has 2 aromatic rings. The van der Waals surface area contributed by atoms with Gasteiger partial charge in [0.15, 0.2) is 0 Å². The number of aromatic nitrogens is 2. The average molecular weight is 343 g/mol. The van der Waals surface area contributed by atoms with Crippen LogP contribution in [0.2, 0.25) is 0 Å². The quantitative estimate of drug-likeness (QED) is 0.921. The highest BCUT2D eigenvalue weighted by Gasteiger charge is 2.25. The topological polar surface area (TPSA) is 61.4 Å². The second-order valence-electron chi connectivity index (χ2n) is 6.19. The molecule has 1 aromatic carbocycles. The molecule has 1 aliphatic rings. The minimum absolute atomic E-state index is 0.0376. The van der Waals surface area contributed by atoms with Crippen molar-refractivity contribution in [3.05, 3.63) is 48.0 Å². The number of anilines is 2. The summed E-state index contributed by atoms with van der Waals surface area (Å²) in [5.41, 5.74) is 1.30. The number of amides is 1. The molecule has 1 N–H and O–H groups in total. The van der Waals surface area contributed by atoms with Crippen molar-refractivity contribution in [3.63, 3.8) is 0 Å². The molecule has 0 aliphatic carbocycles. The van der Waals surface area contributed by atoms with E-state index in [9.17, 15) is 9.18 Å². The molecule has 0 spiro atoms. The van der Waals surface area contributed by atoms with Gasteiger partial charge < -0.3 is 15.1 Å². The van der Waals surface area contributed by atoms with E-state index in [1.165, 1.54) is 6.07 Å². The molecule has 0 saturated carbocycles. The molecule has 1 aliphatic heterocycles. The van der Waals surface area contributed by atoms with Gasteiger partial charge in [0, 0.05) is 44.3 Å². The third-order valence-corrected chi connectivity index (χ3v) is 4.34. The monoisotopic (exact) mass is 343 g/mol. The minimum Gasteiger partial charge on any atom is -0.374 e. The van der Waals surface area contributed by atoms with Crippen molar-refractivity contribution in [2.75, 3.05) is 36.4 Å². The van der Waals surface area contributed by atoms with Crippen LogP contribution in [0, 0.1) is 12.7 Å². The van der Waals surface area contributed by atoms with Gasteiger partial charge in [0.25, 0.3) is 0 Å². The van der Waals surface area contributed by atoms with Crippen molar-refractivity contribution in [2.45, 2.75) is 19.9 Å². The molecular formula is C18H22FN5O. The summed E-state index contributed by atoms with van der Waals surface area (Å²) in [5, 5.41) is 3.15. The SMILES string of the molecule is Cc1cc(N[C@@H](C)C(=O)N2CCN(c3ncccn3)CC2)ccc1F. The van der Waals surface area contributed by atoms with Crippen molar-refractivity contribution in [1.29, 1.82) is 0 Å². The van der Waals surface area contributed by atoms with Crippen LogP contribution >= 0.6 is 0 Å². The zero-order chi connectivity index (χ0) is 17.8. The number of carbonyl (C=O) groups excluding carboxylic acids is 1. The lowest BCUT2D eigenvalue weighted by Gasteiger charge is -2.36. The summed E-state index contributed by atoms with van der Waals surface area (Å²) < 4.78 is 13.3. The summed E-state index contributed by atoms with van der Waals surface area (Å²) in [7, 11) is 0. The van der Waals surface area contributed by atoms with E-state index in [1.807, 2.05) is 11.8 Å². The first-order valence-electron chi connectivity index (χ1n) is 8.38. The van der Waals surface area contributed by atoms with Crippen LogP contribution in [0.15, 0.2) is 36.7 Å². The van der Waals surface area contributed by atoms with Crippen LogP contribution in [0.5, 0.6) is 0 Å². The van der Waals surface area contributed by atoms with Gasteiger partial charge in [0.05, 0.1) is 0 Å². The maximum Gasteiger partial charge on any atom is 0.244 e. The lowest BCUT2D eigenvalue weighted by Crippen LogP contribution is -2.52. The first-order valence-corrected chi connectivity index (χ1v) is 8.38. The number of hydrogen-bond donors (Lipinski definition) is 1. The number of hydrogen-bond acceptors (Lipinski definition) is 5. The molecule has 1 amide bonds. The second kappa shape index (κ2) is 7.46. The molecule has 2 heterocycles. The zero-order valence-electron chi connectivity index (χ0n) is 14.4. The molecule has 1 fully saturated rings. The fraction of sp³-hybridized carbons (Fsp3) is 0.389. The van der Waals surface area contributed by atoms with Crippen LogP contribution in [0.1, 0.15) is 12.5 Å². The maximum atomic E-state index is 13.3. The van der Waals surface area contributed by atoms with Gasteiger partial charge >= 0.3 is 0 Å². The van der Waals surface area contributed by atoms with Gasteiger partial charge in [-0.1, -0.05) is 0 Å². The number of halogens is 1. The number of aryl methyl sites for hydroxylation is 1. The third kappa shape index (κ3) is 4.04.